The number of benzene rings is 1. The average Bonchev–Trinajstić information content (AvgIpc) is 2.57. The van der Waals surface area contributed by atoms with Crippen molar-refractivity contribution in [2.45, 2.75) is 6.92 Å². The number of carbonyl (C=O) groups is 2. The van der Waals surface area contributed by atoms with Crippen molar-refractivity contribution in [3.05, 3.63) is 40.2 Å². The van der Waals surface area contributed by atoms with E-state index in [1.165, 1.54) is 0 Å². The number of rotatable bonds is 1. The SMILES string of the molecule is Cc1ccc(N2C(=O)C(=O)OC2=C(Cl)Cl)cc1. The highest BCUT2D eigenvalue weighted by Crippen LogP contribution is 2.30. The smallest absolute Gasteiger partial charge is 0.399 e. The fourth-order valence-corrected chi connectivity index (χ4v) is 1.66. The van der Waals surface area contributed by atoms with Crippen LogP contribution in [0.25, 0.3) is 0 Å². The second kappa shape index (κ2) is 4.39. The lowest BCUT2D eigenvalue weighted by Crippen LogP contribution is -2.26. The van der Waals surface area contributed by atoms with Crippen LogP contribution in [0, 0.1) is 6.92 Å². The molecule has 1 aromatic carbocycles. The quantitative estimate of drug-likeness (QED) is 0.583. The standard InChI is InChI=1S/C11H7Cl2NO3/c1-6-2-4-7(5-3-6)14-9(15)11(16)17-10(14)8(12)13/h2-5H,1H3. The van der Waals surface area contributed by atoms with Gasteiger partial charge in [0.2, 0.25) is 5.88 Å². The number of carbonyl (C=O) groups excluding carboxylic acids is 2. The lowest BCUT2D eigenvalue weighted by Gasteiger charge is -2.14. The summed E-state index contributed by atoms with van der Waals surface area (Å²) in [6.07, 6.45) is 0. The lowest BCUT2D eigenvalue weighted by molar-refractivity contribution is -0.145. The molecule has 0 aliphatic carbocycles. The van der Waals surface area contributed by atoms with Crippen molar-refractivity contribution < 1.29 is 14.3 Å². The van der Waals surface area contributed by atoms with E-state index in [9.17, 15) is 9.59 Å². The van der Waals surface area contributed by atoms with Crippen molar-refractivity contribution in [1.82, 2.24) is 0 Å². The molecule has 0 radical (unpaired) electrons. The third-order valence-electron chi connectivity index (χ3n) is 2.22. The number of cyclic esters (lactones) is 1. The molecule has 4 nitrogen and oxygen atoms in total. The molecule has 88 valence electrons. The van der Waals surface area contributed by atoms with Gasteiger partial charge in [-0.2, -0.15) is 0 Å². The maximum atomic E-state index is 11.6. The summed E-state index contributed by atoms with van der Waals surface area (Å²) in [4.78, 5) is 23.8. The predicted molar refractivity (Wildman–Crippen MR) is 63.5 cm³/mol. The Labute approximate surface area is 107 Å². The molecule has 1 saturated heterocycles. The molecule has 0 unspecified atom stereocenters. The summed E-state index contributed by atoms with van der Waals surface area (Å²) in [6, 6.07) is 6.94. The van der Waals surface area contributed by atoms with Gasteiger partial charge in [0.05, 0.1) is 5.69 Å². The van der Waals surface area contributed by atoms with E-state index in [1.807, 2.05) is 6.92 Å². The molecule has 2 rings (SSSR count). The van der Waals surface area contributed by atoms with Gasteiger partial charge in [-0.1, -0.05) is 40.9 Å². The molecule has 0 N–H and O–H groups in total. The number of esters is 1. The van der Waals surface area contributed by atoms with Crippen molar-refractivity contribution in [3.63, 3.8) is 0 Å². The minimum absolute atomic E-state index is 0.160. The van der Waals surface area contributed by atoms with Crippen molar-refractivity contribution in [2.24, 2.45) is 0 Å². The Morgan fingerprint density at radius 3 is 2.29 bits per heavy atom. The van der Waals surface area contributed by atoms with Gasteiger partial charge in [0.15, 0.2) is 4.49 Å². The first-order chi connectivity index (χ1) is 8.00. The maximum absolute atomic E-state index is 11.6. The molecule has 0 spiro atoms. The minimum Gasteiger partial charge on any atom is -0.399 e. The summed E-state index contributed by atoms with van der Waals surface area (Å²) in [6.45, 7) is 1.91. The number of hydrogen-bond acceptors (Lipinski definition) is 3. The van der Waals surface area contributed by atoms with E-state index in [1.54, 1.807) is 24.3 Å². The highest BCUT2D eigenvalue weighted by atomic mass is 35.5. The summed E-state index contributed by atoms with van der Waals surface area (Å²) in [5, 5.41) is 0. The number of halogens is 2. The fourth-order valence-electron chi connectivity index (χ4n) is 1.41. The van der Waals surface area contributed by atoms with Crippen molar-refractivity contribution in [1.29, 1.82) is 0 Å². The summed E-state index contributed by atoms with van der Waals surface area (Å²) in [5.41, 5.74) is 1.50. The molecule has 1 aromatic rings. The van der Waals surface area contributed by atoms with Crippen LogP contribution in [0.1, 0.15) is 5.56 Å². The van der Waals surface area contributed by atoms with Gasteiger partial charge in [-0.25, -0.2) is 9.69 Å². The second-order valence-corrected chi connectivity index (χ2v) is 4.38. The Balaban J connectivity index is 2.49. The molecule has 1 heterocycles. The molecule has 0 saturated carbocycles. The Bertz CT molecular complexity index is 518. The zero-order valence-electron chi connectivity index (χ0n) is 8.74. The molecule has 1 amide bonds. The van der Waals surface area contributed by atoms with E-state index >= 15 is 0 Å². The van der Waals surface area contributed by atoms with E-state index in [4.69, 9.17) is 23.2 Å². The van der Waals surface area contributed by atoms with E-state index in [2.05, 4.69) is 4.74 Å². The number of amides is 1. The topological polar surface area (TPSA) is 46.6 Å². The highest BCUT2D eigenvalue weighted by molar-refractivity contribution is 6.57. The monoisotopic (exact) mass is 271 g/mol. The first kappa shape index (κ1) is 12.0. The molecule has 0 atom stereocenters. The average molecular weight is 272 g/mol. The zero-order chi connectivity index (χ0) is 12.6. The molecular weight excluding hydrogens is 265 g/mol. The molecule has 0 bridgehead atoms. The van der Waals surface area contributed by atoms with Crippen LogP contribution in [0.5, 0.6) is 0 Å². The fraction of sp³-hybridized carbons (Fsp3) is 0.0909. The van der Waals surface area contributed by atoms with E-state index in [0.29, 0.717) is 5.69 Å². The third kappa shape index (κ3) is 2.14. The van der Waals surface area contributed by atoms with Gasteiger partial charge in [-0.05, 0) is 19.1 Å². The zero-order valence-corrected chi connectivity index (χ0v) is 10.2. The van der Waals surface area contributed by atoms with Crippen molar-refractivity contribution >= 4 is 40.8 Å². The van der Waals surface area contributed by atoms with E-state index in [0.717, 1.165) is 10.5 Å². The van der Waals surface area contributed by atoms with E-state index < -0.39 is 11.9 Å². The van der Waals surface area contributed by atoms with Gasteiger partial charge in [0, 0.05) is 0 Å². The van der Waals surface area contributed by atoms with E-state index in [-0.39, 0.29) is 10.4 Å². The number of aryl methyl sites for hydroxylation is 1. The number of anilines is 1. The highest BCUT2D eigenvalue weighted by Gasteiger charge is 2.39. The van der Waals surface area contributed by atoms with Gasteiger partial charge in [-0.15, -0.1) is 0 Å². The van der Waals surface area contributed by atoms with Crippen LogP contribution in [0.2, 0.25) is 0 Å². The molecule has 17 heavy (non-hydrogen) atoms. The van der Waals surface area contributed by atoms with Gasteiger partial charge >= 0.3 is 11.9 Å². The van der Waals surface area contributed by atoms with Crippen LogP contribution in [0.3, 0.4) is 0 Å². The molecule has 1 aliphatic heterocycles. The Hall–Kier alpha value is -1.52. The summed E-state index contributed by atoms with van der Waals surface area (Å²) >= 11 is 11.1. The van der Waals surface area contributed by atoms with Crippen LogP contribution >= 0.6 is 23.2 Å². The summed E-state index contributed by atoms with van der Waals surface area (Å²) < 4.78 is 4.41. The maximum Gasteiger partial charge on any atom is 0.404 e. The van der Waals surface area contributed by atoms with Gasteiger partial charge in [-0.3, -0.25) is 4.79 Å². The predicted octanol–water partition coefficient (Wildman–Crippen LogP) is 2.49. The van der Waals surface area contributed by atoms with Gasteiger partial charge in [0.25, 0.3) is 0 Å². The van der Waals surface area contributed by atoms with Crippen molar-refractivity contribution in [2.75, 3.05) is 4.90 Å². The number of nitrogens with zero attached hydrogens (tertiary/aromatic N) is 1. The third-order valence-corrected chi connectivity index (χ3v) is 2.55. The van der Waals surface area contributed by atoms with Crippen LogP contribution in [-0.2, 0) is 14.3 Å². The molecule has 1 aliphatic rings. The first-order valence-corrected chi connectivity index (χ1v) is 5.44. The molecular formula is C11H7Cl2NO3. The minimum atomic E-state index is -1.00. The Morgan fingerprint density at radius 1 is 1.18 bits per heavy atom. The molecule has 0 aromatic heterocycles. The van der Waals surface area contributed by atoms with Crippen LogP contribution in [0.15, 0.2) is 34.6 Å². The van der Waals surface area contributed by atoms with Crippen molar-refractivity contribution in [3.8, 4) is 0 Å². The lowest BCUT2D eigenvalue weighted by atomic mass is 10.2. The second-order valence-electron chi connectivity index (χ2n) is 3.43. The molecule has 1 fully saturated rings. The number of ether oxygens (including phenoxy) is 1. The van der Waals surface area contributed by atoms with Gasteiger partial charge in [0.1, 0.15) is 0 Å². The first-order valence-electron chi connectivity index (χ1n) is 4.69. The van der Waals surface area contributed by atoms with Crippen LogP contribution < -0.4 is 4.90 Å². The Morgan fingerprint density at radius 2 is 1.76 bits per heavy atom. The summed E-state index contributed by atoms with van der Waals surface area (Å²) in [5.74, 6) is -1.98. The largest absolute Gasteiger partial charge is 0.404 e. The Kier molecular flexibility index (Phi) is 3.09. The van der Waals surface area contributed by atoms with Gasteiger partial charge < -0.3 is 4.74 Å². The summed E-state index contributed by atoms with van der Waals surface area (Å²) in [7, 11) is 0. The normalized spacial score (nSPS) is 15.2. The molecule has 6 heteroatoms. The number of hydrogen-bond donors (Lipinski definition) is 0. The van der Waals surface area contributed by atoms with Crippen LogP contribution in [-0.4, -0.2) is 11.9 Å². The van der Waals surface area contributed by atoms with Crippen LogP contribution in [0.4, 0.5) is 5.69 Å².